The number of hydrogen-bond acceptors (Lipinski definition) is 4. The van der Waals surface area contributed by atoms with E-state index < -0.39 is 4.92 Å². The van der Waals surface area contributed by atoms with E-state index in [1.165, 1.54) is 32.0 Å². The lowest BCUT2D eigenvalue weighted by Gasteiger charge is -2.27. The largest absolute Gasteiger partial charge is 0.484 e. The van der Waals surface area contributed by atoms with Gasteiger partial charge in [-0.2, -0.15) is 0 Å². The summed E-state index contributed by atoms with van der Waals surface area (Å²) in [6.45, 7) is 9.18. The highest BCUT2D eigenvalue weighted by molar-refractivity contribution is 5.48. The van der Waals surface area contributed by atoms with Crippen molar-refractivity contribution in [1.29, 1.82) is 0 Å². The molecule has 0 spiro atoms. The van der Waals surface area contributed by atoms with Crippen LogP contribution in [0.1, 0.15) is 25.3 Å². The van der Waals surface area contributed by atoms with Crippen molar-refractivity contribution in [2.45, 2.75) is 26.7 Å². The van der Waals surface area contributed by atoms with Crippen molar-refractivity contribution in [1.82, 2.24) is 0 Å². The van der Waals surface area contributed by atoms with Gasteiger partial charge in [-0.25, -0.2) is 0 Å². The first kappa shape index (κ1) is 17.7. The van der Waals surface area contributed by atoms with Crippen LogP contribution in [0.15, 0.2) is 18.2 Å². The van der Waals surface area contributed by atoms with Crippen LogP contribution >= 0.6 is 0 Å². The molecular weight excluding hydrogens is 296 g/mol. The second kappa shape index (κ2) is 8.84. The summed E-state index contributed by atoms with van der Waals surface area (Å²) in [5.74, 6) is 1.17. The second-order valence-electron chi connectivity index (χ2n) is 6.37. The van der Waals surface area contributed by atoms with Crippen molar-refractivity contribution < 1.29 is 19.3 Å². The molecule has 0 aromatic heterocycles. The summed E-state index contributed by atoms with van der Waals surface area (Å²) >= 11 is 0. The van der Waals surface area contributed by atoms with Gasteiger partial charge in [-0.05, 0) is 37.3 Å². The summed E-state index contributed by atoms with van der Waals surface area (Å²) < 4.78 is 11.1. The molecule has 23 heavy (non-hydrogen) atoms. The molecule has 0 aliphatic carbocycles. The predicted octanol–water partition coefficient (Wildman–Crippen LogP) is 1.61. The van der Waals surface area contributed by atoms with Crippen LogP contribution in [0.4, 0.5) is 5.69 Å². The molecule has 1 saturated heterocycles. The molecule has 2 rings (SSSR count). The molecule has 1 aromatic carbocycles. The van der Waals surface area contributed by atoms with Crippen LogP contribution in [0.5, 0.6) is 5.75 Å². The lowest BCUT2D eigenvalue weighted by Crippen LogP contribution is -3.13. The average molecular weight is 323 g/mol. The highest BCUT2D eigenvalue weighted by Gasteiger charge is 2.18. The van der Waals surface area contributed by atoms with Gasteiger partial charge in [0.15, 0.2) is 5.75 Å². The number of nitrogens with zero attached hydrogens (tertiary/aromatic N) is 1. The smallest absolute Gasteiger partial charge is 0.310 e. The number of aryl methyl sites for hydroxylation is 1. The second-order valence-corrected chi connectivity index (χ2v) is 6.37. The van der Waals surface area contributed by atoms with Crippen molar-refractivity contribution in [3.05, 3.63) is 33.9 Å². The summed E-state index contributed by atoms with van der Waals surface area (Å²) in [6.07, 6.45) is 2.60. The van der Waals surface area contributed by atoms with Crippen LogP contribution in [0.3, 0.4) is 0 Å². The SMILES string of the molecule is Cc1ccc([N+](=O)[O-])c(OCCOCC[NH+]2CCC(C)CC2)c1. The molecule has 6 nitrogen and oxygen atoms in total. The van der Waals surface area contributed by atoms with Gasteiger partial charge in [-0.15, -0.1) is 0 Å². The van der Waals surface area contributed by atoms with Gasteiger partial charge in [0.2, 0.25) is 0 Å². The Labute approximate surface area is 137 Å². The molecule has 0 bridgehead atoms. The molecule has 1 heterocycles. The fraction of sp³-hybridized carbons (Fsp3) is 0.647. The van der Waals surface area contributed by atoms with Gasteiger partial charge in [-0.1, -0.05) is 13.0 Å². The number of rotatable bonds is 8. The van der Waals surface area contributed by atoms with E-state index in [0.717, 1.165) is 18.0 Å². The quantitative estimate of drug-likeness (QED) is 0.448. The van der Waals surface area contributed by atoms with Gasteiger partial charge in [0.1, 0.15) is 13.2 Å². The van der Waals surface area contributed by atoms with Crippen molar-refractivity contribution in [3.63, 3.8) is 0 Å². The van der Waals surface area contributed by atoms with Gasteiger partial charge in [0, 0.05) is 6.07 Å². The minimum Gasteiger partial charge on any atom is -0.484 e. The summed E-state index contributed by atoms with van der Waals surface area (Å²) in [4.78, 5) is 12.1. The van der Waals surface area contributed by atoms with Crippen LogP contribution in [-0.2, 0) is 4.74 Å². The average Bonchev–Trinajstić information content (AvgIpc) is 2.52. The molecule has 6 heteroatoms. The molecule has 1 N–H and O–H groups in total. The first-order valence-corrected chi connectivity index (χ1v) is 8.35. The Bertz CT molecular complexity index is 513. The number of ether oxygens (including phenoxy) is 2. The monoisotopic (exact) mass is 323 g/mol. The number of nitrogens with one attached hydrogen (secondary N) is 1. The first-order chi connectivity index (χ1) is 11.1. The normalized spacial score (nSPS) is 21.1. The maximum Gasteiger partial charge on any atom is 0.310 e. The van der Waals surface area contributed by atoms with Crippen LogP contribution < -0.4 is 9.64 Å². The van der Waals surface area contributed by atoms with Gasteiger partial charge < -0.3 is 14.4 Å². The molecule has 1 aromatic rings. The maximum atomic E-state index is 11.0. The Morgan fingerprint density at radius 2 is 2.00 bits per heavy atom. The van der Waals surface area contributed by atoms with E-state index in [-0.39, 0.29) is 5.69 Å². The molecule has 1 aliphatic rings. The highest BCUT2D eigenvalue weighted by atomic mass is 16.6. The number of nitro groups is 1. The molecule has 0 atom stereocenters. The van der Waals surface area contributed by atoms with E-state index >= 15 is 0 Å². The highest BCUT2D eigenvalue weighted by Crippen LogP contribution is 2.27. The minimum absolute atomic E-state index is 0.00230. The van der Waals surface area contributed by atoms with Crippen molar-refractivity contribution in [2.75, 3.05) is 39.5 Å². The number of quaternary nitrogens is 1. The molecule has 0 radical (unpaired) electrons. The number of hydrogen-bond donors (Lipinski definition) is 1. The molecule has 1 aliphatic heterocycles. The van der Waals surface area contributed by atoms with Crippen LogP contribution in [0.25, 0.3) is 0 Å². The standard InChI is InChI=1S/C17H26N2O4/c1-14-5-7-18(8-6-14)9-10-22-11-12-23-17-13-15(2)3-4-16(17)19(20)21/h3-4,13-14H,5-12H2,1-2H3/p+1. The Hall–Kier alpha value is -1.66. The third kappa shape index (κ3) is 5.80. The summed E-state index contributed by atoms with van der Waals surface area (Å²) in [7, 11) is 0. The fourth-order valence-corrected chi connectivity index (χ4v) is 2.84. The zero-order valence-electron chi connectivity index (χ0n) is 14.0. The number of nitro benzene ring substituents is 1. The number of piperidine rings is 1. The zero-order chi connectivity index (χ0) is 16.7. The van der Waals surface area contributed by atoms with Gasteiger partial charge in [0.25, 0.3) is 0 Å². The van der Waals surface area contributed by atoms with E-state index in [9.17, 15) is 10.1 Å². The van der Waals surface area contributed by atoms with Gasteiger partial charge >= 0.3 is 5.69 Å². The lowest BCUT2D eigenvalue weighted by molar-refractivity contribution is -0.906. The molecule has 128 valence electrons. The molecule has 0 amide bonds. The topological polar surface area (TPSA) is 66.0 Å². The Kier molecular flexibility index (Phi) is 6.80. The van der Waals surface area contributed by atoms with Crippen LogP contribution in [0.2, 0.25) is 0 Å². The third-order valence-electron chi connectivity index (χ3n) is 4.38. The van der Waals surface area contributed by atoms with Crippen molar-refractivity contribution >= 4 is 5.69 Å². The van der Waals surface area contributed by atoms with Crippen LogP contribution in [0, 0.1) is 23.0 Å². The lowest BCUT2D eigenvalue weighted by atomic mass is 9.99. The summed E-state index contributed by atoms with van der Waals surface area (Å²) in [6, 6.07) is 4.88. The van der Waals surface area contributed by atoms with E-state index in [1.807, 2.05) is 6.92 Å². The predicted molar refractivity (Wildman–Crippen MR) is 88.1 cm³/mol. The fourth-order valence-electron chi connectivity index (χ4n) is 2.84. The molecule has 1 fully saturated rings. The Morgan fingerprint density at radius 3 is 2.70 bits per heavy atom. The van der Waals surface area contributed by atoms with E-state index in [4.69, 9.17) is 9.47 Å². The Morgan fingerprint density at radius 1 is 1.26 bits per heavy atom. The van der Waals surface area contributed by atoms with Gasteiger partial charge in [0.05, 0.1) is 31.2 Å². The summed E-state index contributed by atoms with van der Waals surface area (Å²) in [5, 5.41) is 11.0. The Balaban J connectivity index is 1.64. The van der Waals surface area contributed by atoms with Gasteiger partial charge in [-0.3, -0.25) is 10.1 Å². The zero-order valence-corrected chi connectivity index (χ0v) is 14.0. The third-order valence-corrected chi connectivity index (χ3v) is 4.38. The maximum absolute atomic E-state index is 11.0. The summed E-state index contributed by atoms with van der Waals surface area (Å²) in [5.41, 5.74) is 0.942. The van der Waals surface area contributed by atoms with E-state index in [2.05, 4.69) is 6.92 Å². The first-order valence-electron chi connectivity index (χ1n) is 8.35. The molecular formula is C17H27N2O4+. The van der Waals surface area contributed by atoms with Crippen molar-refractivity contribution in [3.8, 4) is 5.75 Å². The number of benzene rings is 1. The minimum atomic E-state index is -0.420. The molecule has 0 saturated carbocycles. The van der Waals surface area contributed by atoms with Crippen LogP contribution in [-0.4, -0.2) is 44.4 Å². The van der Waals surface area contributed by atoms with E-state index in [0.29, 0.717) is 25.6 Å². The van der Waals surface area contributed by atoms with Crippen molar-refractivity contribution in [2.24, 2.45) is 5.92 Å². The number of likely N-dealkylation sites (tertiary alicyclic amines) is 1. The van der Waals surface area contributed by atoms with E-state index in [1.54, 1.807) is 17.0 Å². The molecule has 0 unspecified atom stereocenters.